The predicted molar refractivity (Wildman–Crippen MR) is 118 cm³/mol. The SMILES string of the molecule is CN(Cc1ccccc1)C(=O)CN1C(=O)/C(=C/C=C/c2ccccc2)SC1=S. The summed E-state index contributed by atoms with van der Waals surface area (Å²) < 4.78 is 0.408. The van der Waals surface area contributed by atoms with Crippen LogP contribution in [0.4, 0.5) is 0 Å². The molecule has 28 heavy (non-hydrogen) atoms. The van der Waals surface area contributed by atoms with Crippen LogP contribution >= 0.6 is 24.0 Å². The van der Waals surface area contributed by atoms with Crippen LogP contribution in [0.3, 0.4) is 0 Å². The molecule has 0 N–H and O–H groups in total. The van der Waals surface area contributed by atoms with Crippen molar-refractivity contribution in [1.82, 2.24) is 9.80 Å². The van der Waals surface area contributed by atoms with Crippen LogP contribution in [0.1, 0.15) is 11.1 Å². The third-order valence-corrected chi connectivity index (χ3v) is 5.59. The lowest BCUT2D eigenvalue weighted by molar-refractivity contribution is -0.134. The molecule has 0 atom stereocenters. The van der Waals surface area contributed by atoms with Crippen molar-refractivity contribution in [2.75, 3.05) is 13.6 Å². The molecule has 142 valence electrons. The molecular formula is C22H20N2O2S2. The van der Waals surface area contributed by atoms with Crippen LogP contribution in [0.2, 0.25) is 0 Å². The van der Waals surface area contributed by atoms with Gasteiger partial charge in [-0.05, 0) is 17.2 Å². The highest BCUT2D eigenvalue weighted by Crippen LogP contribution is 2.31. The third-order valence-electron chi connectivity index (χ3n) is 4.19. The molecule has 1 aliphatic rings. The number of carbonyl (C=O) groups excluding carboxylic acids is 2. The highest BCUT2D eigenvalue weighted by molar-refractivity contribution is 8.26. The molecule has 0 radical (unpaired) electrons. The minimum absolute atomic E-state index is 0.0479. The quantitative estimate of drug-likeness (QED) is 0.533. The number of allylic oxidation sites excluding steroid dienone is 2. The maximum absolute atomic E-state index is 12.6. The molecule has 0 unspecified atom stereocenters. The molecular weight excluding hydrogens is 388 g/mol. The Morgan fingerprint density at radius 1 is 1.11 bits per heavy atom. The summed E-state index contributed by atoms with van der Waals surface area (Å²) in [7, 11) is 1.73. The molecule has 2 aromatic rings. The van der Waals surface area contributed by atoms with Gasteiger partial charge in [0.15, 0.2) is 0 Å². The summed E-state index contributed by atoms with van der Waals surface area (Å²) in [4.78, 5) is 28.6. The number of thioether (sulfide) groups is 1. The lowest BCUT2D eigenvalue weighted by Gasteiger charge is -2.21. The molecule has 1 heterocycles. The number of amides is 2. The summed E-state index contributed by atoms with van der Waals surface area (Å²) in [6.07, 6.45) is 5.49. The van der Waals surface area contributed by atoms with E-state index in [-0.39, 0.29) is 18.4 Å². The molecule has 4 nitrogen and oxygen atoms in total. The number of benzene rings is 2. The van der Waals surface area contributed by atoms with Gasteiger partial charge < -0.3 is 4.90 Å². The van der Waals surface area contributed by atoms with Gasteiger partial charge in [-0.15, -0.1) is 0 Å². The van der Waals surface area contributed by atoms with E-state index in [0.717, 1.165) is 11.1 Å². The number of thiocarbonyl (C=S) groups is 1. The third kappa shape index (κ3) is 5.18. The van der Waals surface area contributed by atoms with E-state index in [9.17, 15) is 9.59 Å². The molecule has 0 saturated carbocycles. The van der Waals surface area contributed by atoms with Crippen molar-refractivity contribution in [2.24, 2.45) is 0 Å². The van der Waals surface area contributed by atoms with Gasteiger partial charge in [0.25, 0.3) is 5.91 Å². The standard InChI is InChI=1S/C22H20N2O2S2/c1-23(15-18-11-6-3-7-12-18)20(25)16-24-21(26)19(28-22(24)27)14-8-13-17-9-4-2-5-10-17/h2-14H,15-16H2,1H3/b13-8+,19-14-. The van der Waals surface area contributed by atoms with E-state index in [0.29, 0.717) is 15.8 Å². The van der Waals surface area contributed by atoms with Gasteiger partial charge in [-0.25, -0.2) is 0 Å². The van der Waals surface area contributed by atoms with Crippen LogP contribution in [0.5, 0.6) is 0 Å². The van der Waals surface area contributed by atoms with Gasteiger partial charge in [0.05, 0.1) is 4.91 Å². The number of rotatable bonds is 6. The Bertz CT molecular complexity index is 924. The van der Waals surface area contributed by atoms with E-state index < -0.39 is 0 Å². The highest BCUT2D eigenvalue weighted by atomic mass is 32.2. The fraction of sp³-hybridized carbons (Fsp3) is 0.136. The van der Waals surface area contributed by atoms with Gasteiger partial charge in [-0.3, -0.25) is 14.5 Å². The average Bonchev–Trinajstić information content (AvgIpc) is 2.97. The monoisotopic (exact) mass is 408 g/mol. The van der Waals surface area contributed by atoms with E-state index in [4.69, 9.17) is 12.2 Å². The molecule has 3 rings (SSSR count). The maximum Gasteiger partial charge on any atom is 0.266 e. The lowest BCUT2D eigenvalue weighted by Crippen LogP contribution is -2.40. The molecule has 2 amide bonds. The summed E-state index contributed by atoms with van der Waals surface area (Å²) in [5.41, 5.74) is 2.08. The van der Waals surface area contributed by atoms with Gasteiger partial charge in [0.1, 0.15) is 10.9 Å². The lowest BCUT2D eigenvalue weighted by atomic mass is 10.2. The molecule has 0 aromatic heterocycles. The molecule has 1 fully saturated rings. The van der Waals surface area contributed by atoms with E-state index >= 15 is 0 Å². The predicted octanol–water partition coefficient (Wildman–Crippen LogP) is 4.10. The van der Waals surface area contributed by atoms with Gasteiger partial charge in [0.2, 0.25) is 5.91 Å². The first-order valence-corrected chi connectivity index (χ1v) is 10.0. The molecule has 0 spiro atoms. The van der Waals surface area contributed by atoms with Crippen LogP contribution in [-0.2, 0) is 16.1 Å². The van der Waals surface area contributed by atoms with Crippen LogP contribution in [-0.4, -0.2) is 39.5 Å². The maximum atomic E-state index is 12.6. The topological polar surface area (TPSA) is 40.6 Å². The molecule has 1 saturated heterocycles. The van der Waals surface area contributed by atoms with Crippen LogP contribution < -0.4 is 0 Å². The summed E-state index contributed by atoms with van der Waals surface area (Å²) in [5.74, 6) is -0.379. The van der Waals surface area contributed by atoms with E-state index in [1.807, 2.05) is 72.8 Å². The minimum atomic E-state index is -0.228. The summed E-state index contributed by atoms with van der Waals surface area (Å²) in [6.45, 7) is 0.442. The van der Waals surface area contributed by atoms with Gasteiger partial charge in [-0.2, -0.15) is 0 Å². The van der Waals surface area contributed by atoms with Gasteiger partial charge in [0, 0.05) is 13.6 Å². The van der Waals surface area contributed by atoms with Crippen molar-refractivity contribution in [3.8, 4) is 0 Å². The van der Waals surface area contributed by atoms with Crippen LogP contribution in [0.15, 0.2) is 77.7 Å². The first-order valence-electron chi connectivity index (χ1n) is 8.79. The van der Waals surface area contributed by atoms with Gasteiger partial charge in [-0.1, -0.05) is 96.8 Å². The number of carbonyl (C=O) groups is 2. The normalized spacial score (nSPS) is 15.6. The summed E-state index contributed by atoms with van der Waals surface area (Å²) in [5, 5.41) is 0. The van der Waals surface area contributed by atoms with Crippen molar-refractivity contribution < 1.29 is 9.59 Å². The average molecular weight is 409 g/mol. The Balaban J connectivity index is 1.61. The van der Waals surface area contributed by atoms with Crippen molar-refractivity contribution in [3.63, 3.8) is 0 Å². The Hall–Kier alpha value is -2.70. The highest BCUT2D eigenvalue weighted by Gasteiger charge is 2.33. The van der Waals surface area contributed by atoms with Gasteiger partial charge >= 0.3 is 0 Å². The Morgan fingerprint density at radius 2 is 1.75 bits per heavy atom. The van der Waals surface area contributed by atoms with E-state index in [1.54, 1.807) is 18.0 Å². The van der Waals surface area contributed by atoms with Crippen LogP contribution in [0, 0.1) is 0 Å². The second-order valence-corrected chi connectivity index (χ2v) is 7.97. The van der Waals surface area contributed by atoms with E-state index in [1.165, 1.54) is 16.7 Å². The molecule has 2 aromatic carbocycles. The summed E-state index contributed by atoms with van der Waals surface area (Å²) >= 11 is 6.53. The minimum Gasteiger partial charge on any atom is -0.340 e. The number of hydrogen-bond acceptors (Lipinski definition) is 4. The molecule has 0 aliphatic carbocycles. The zero-order valence-electron chi connectivity index (χ0n) is 15.4. The Labute approximate surface area is 174 Å². The second-order valence-electron chi connectivity index (χ2n) is 6.30. The summed E-state index contributed by atoms with van der Waals surface area (Å²) in [6, 6.07) is 19.6. The fourth-order valence-corrected chi connectivity index (χ4v) is 3.87. The zero-order valence-corrected chi connectivity index (χ0v) is 17.1. The number of nitrogens with zero attached hydrogens (tertiary/aromatic N) is 2. The van der Waals surface area contributed by atoms with E-state index in [2.05, 4.69) is 0 Å². The smallest absolute Gasteiger partial charge is 0.266 e. The van der Waals surface area contributed by atoms with Crippen molar-refractivity contribution >= 4 is 46.2 Å². The first kappa shape index (κ1) is 20.0. The fourth-order valence-electron chi connectivity index (χ4n) is 2.66. The number of hydrogen-bond donors (Lipinski definition) is 0. The number of likely N-dealkylation sites (N-methyl/N-ethyl adjacent to an activating group) is 1. The second kappa shape index (κ2) is 9.48. The van der Waals surface area contributed by atoms with Crippen LogP contribution in [0.25, 0.3) is 6.08 Å². The Morgan fingerprint density at radius 3 is 2.43 bits per heavy atom. The first-order chi connectivity index (χ1) is 13.5. The Kier molecular flexibility index (Phi) is 6.79. The van der Waals surface area contributed by atoms with Crippen molar-refractivity contribution in [1.29, 1.82) is 0 Å². The zero-order chi connectivity index (χ0) is 19.9. The largest absolute Gasteiger partial charge is 0.340 e. The molecule has 0 bridgehead atoms. The molecule has 6 heteroatoms. The van der Waals surface area contributed by atoms with Crippen molar-refractivity contribution in [2.45, 2.75) is 6.54 Å². The molecule has 1 aliphatic heterocycles. The van der Waals surface area contributed by atoms with Crippen molar-refractivity contribution in [3.05, 3.63) is 88.8 Å².